The lowest BCUT2D eigenvalue weighted by molar-refractivity contribution is -0.135. The zero-order valence-electron chi connectivity index (χ0n) is 17.6. The zero-order valence-corrected chi connectivity index (χ0v) is 17.6. The van der Waals surface area contributed by atoms with Gasteiger partial charge >= 0.3 is 0 Å². The number of aromatic nitrogens is 4. The fourth-order valence-corrected chi connectivity index (χ4v) is 3.46. The molecule has 0 saturated carbocycles. The van der Waals surface area contributed by atoms with Gasteiger partial charge in [0.15, 0.2) is 12.4 Å². The fourth-order valence-electron chi connectivity index (χ4n) is 3.46. The van der Waals surface area contributed by atoms with Gasteiger partial charge in [-0.25, -0.2) is 0 Å². The smallest absolute Gasteiger partial charge is 0.260 e. The number of tetrazole rings is 1. The van der Waals surface area contributed by atoms with E-state index < -0.39 is 0 Å². The van der Waals surface area contributed by atoms with Gasteiger partial charge in [0.1, 0.15) is 11.5 Å². The van der Waals surface area contributed by atoms with Crippen molar-refractivity contribution < 1.29 is 14.3 Å². The van der Waals surface area contributed by atoms with Crippen molar-refractivity contribution in [2.75, 3.05) is 39.4 Å². The molecular formula is C22H26N6O3. The molecule has 0 unspecified atom stereocenters. The van der Waals surface area contributed by atoms with Crippen LogP contribution in [0.15, 0.2) is 54.6 Å². The molecule has 31 heavy (non-hydrogen) atoms. The van der Waals surface area contributed by atoms with Crippen molar-refractivity contribution in [1.82, 2.24) is 30.0 Å². The third-order valence-corrected chi connectivity index (χ3v) is 5.12. The van der Waals surface area contributed by atoms with Crippen LogP contribution in [0.25, 0.3) is 5.69 Å². The summed E-state index contributed by atoms with van der Waals surface area (Å²) in [5, 5.41) is 12.1. The molecule has 4 rings (SSSR count). The Hall–Kier alpha value is -3.46. The van der Waals surface area contributed by atoms with E-state index in [1.54, 1.807) is 4.68 Å². The number of carbonyl (C=O) groups excluding carboxylic acids is 1. The molecule has 1 saturated heterocycles. The molecule has 0 N–H and O–H groups in total. The number of hydrogen-bond donors (Lipinski definition) is 0. The fraction of sp³-hybridized carbons (Fsp3) is 0.364. The molecule has 2 aromatic carbocycles. The summed E-state index contributed by atoms with van der Waals surface area (Å²) in [5.41, 5.74) is 0.933. The standard InChI is InChI=1S/C22H26N6O3/c1-2-30-19-8-10-20(11-9-19)31-17-22(29)27-14-12-26(13-15-27)16-21-23-24-25-28(21)18-6-4-3-5-7-18/h3-11H,2,12-17H2,1H3. The molecule has 1 fully saturated rings. The van der Waals surface area contributed by atoms with Crippen LogP contribution in [0.4, 0.5) is 0 Å². The highest BCUT2D eigenvalue weighted by Crippen LogP contribution is 2.18. The minimum Gasteiger partial charge on any atom is -0.494 e. The molecule has 0 atom stereocenters. The van der Waals surface area contributed by atoms with Crippen LogP contribution in [0.5, 0.6) is 11.5 Å². The second kappa shape index (κ2) is 10.0. The van der Waals surface area contributed by atoms with Gasteiger partial charge in [-0.15, -0.1) is 5.10 Å². The Balaban J connectivity index is 1.24. The number of carbonyl (C=O) groups is 1. The van der Waals surface area contributed by atoms with Gasteiger partial charge in [0.2, 0.25) is 0 Å². The van der Waals surface area contributed by atoms with E-state index in [0.29, 0.717) is 32.0 Å². The highest BCUT2D eigenvalue weighted by Gasteiger charge is 2.23. The van der Waals surface area contributed by atoms with E-state index in [9.17, 15) is 4.79 Å². The molecule has 2 heterocycles. The lowest BCUT2D eigenvalue weighted by Gasteiger charge is -2.34. The molecule has 0 aliphatic carbocycles. The summed E-state index contributed by atoms with van der Waals surface area (Å²) in [5.74, 6) is 2.21. The average molecular weight is 422 g/mol. The molecule has 9 nitrogen and oxygen atoms in total. The predicted molar refractivity (Wildman–Crippen MR) is 114 cm³/mol. The van der Waals surface area contributed by atoms with Gasteiger partial charge in [-0.05, 0) is 53.7 Å². The lowest BCUT2D eigenvalue weighted by Crippen LogP contribution is -2.49. The predicted octanol–water partition coefficient (Wildman–Crippen LogP) is 1.78. The van der Waals surface area contributed by atoms with Gasteiger partial charge in [-0.3, -0.25) is 9.69 Å². The molecule has 1 aromatic heterocycles. The summed E-state index contributed by atoms with van der Waals surface area (Å²) in [7, 11) is 0. The van der Waals surface area contributed by atoms with Crippen LogP contribution in [0.1, 0.15) is 12.7 Å². The maximum absolute atomic E-state index is 12.5. The van der Waals surface area contributed by atoms with Crippen LogP contribution in [0, 0.1) is 0 Å². The Labute approximate surface area is 181 Å². The van der Waals surface area contributed by atoms with Gasteiger partial charge in [0.05, 0.1) is 18.8 Å². The van der Waals surface area contributed by atoms with Crippen molar-refractivity contribution in [3.05, 3.63) is 60.4 Å². The van der Waals surface area contributed by atoms with E-state index in [0.717, 1.165) is 30.4 Å². The Morgan fingerprint density at radius 1 is 0.935 bits per heavy atom. The SMILES string of the molecule is CCOc1ccc(OCC(=O)N2CCN(Cc3nnnn3-c3ccccc3)CC2)cc1. The number of nitrogens with zero attached hydrogens (tertiary/aromatic N) is 6. The molecule has 0 bridgehead atoms. The first-order chi connectivity index (χ1) is 15.2. The van der Waals surface area contributed by atoms with E-state index in [-0.39, 0.29) is 12.5 Å². The summed E-state index contributed by atoms with van der Waals surface area (Å²) < 4.78 is 12.8. The van der Waals surface area contributed by atoms with Gasteiger partial charge in [-0.1, -0.05) is 18.2 Å². The third kappa shape index (κ3) is 5.37. The van der Waals surface area contributed by atoms with Crippen LogP contribution in [0.3, 0.4) is 0 Å². The number of hydrogen-bond acceptors (Lipinski definition) is 7. The third-order valence-electron chi connectivity index (χ3n) is 5.12. The maximum Gasteiger partial charge on any atom is 0.260 e. The van der Waals surface area contributed by atoms with E-state index in [4.69, 9.17) is 9.47 Å². The molecule has 1 aliphatic heterocycles. The molecular weight excluding hydrogens is 396 g/mol. The molecule has 9 heteroatoms. The van der Waals surface area contributed by atoms with Gasteiger partial charge < -0.3 is 14.4 Å². The van der Waals surface area contributed by atoms with Crippen molar-refractivity contribution in [2.45, 2.75) is 13.5 Å². The number of para-hydroxylation sites is 1. The number of amides is 1. The Bertz CT molecular complexity index is 968. The maximum atomic E-state index is 12.5. The van der Waals surface area contributed by atoms with Crippen molar-refractivity contribution in [2.24, 2.45) is 0 Å². The van der Waals surface area contributed by atoms with Crippen molar-refractivity contribution in [3.8, 4) is 17.2 Å². The van der Waals surface area contributed by atoms with Crippen molar-refractivity contribution in [3.63, 3.8) is 0 Å². The topological polar surface area (TPSA) is 85.6 Å². The molecule has 162 valence electrons. The number of ether oxygens (including phenoxy) is 2. The van der Waals surface area contributed by atoms with Gasteiger partial charge in [0, 0.05) is 26.2 Å². The van der Waals surface area contributed by atoms with Crippen LogP contribution >= 0.6 is 0 Å². The second-order valence-corrected chi connectivity index (χ2v) is 7.19. The molecule has 0 radical (unpaired) electrons. The summed E-state index contributed by atoms with van der Waals surface area (Å²) >= 11 is 0. The quantitative estimate of drug-likeness (QED) is 0.547. The van der Waals surface area contributed by atoms with E-state index in [1.807, 2.05) is 66.4 Å². The Kier molecular flexibility index (Phi) is 6.73. The average Bonchev–Trinajstić information content (AvgIpc) is 3.28. The summed E-state index contributed by atoms with van der Waals surface area (Å²) in [4.78, 5) is 16.6. The molecule has 0 spiro atoms. The van der Waals surface area contributed by atoms with Gasteiger partial charge in [-0.2, -0.15) is 4.68 Å². The summed E-state index contributed by atoms with van der Waals surface area (Å²) in [6.07, 6.45) is 0. The first-order valence-electron chi connectivity index (χ1n) is 10.4. The largest absolute Gasteiger partial charge is 0.494 e. The minimum absolute atomic E-state index is 0.0114. The molecule has 3 aromatic rings. The Morgan fingerprint density at radius 3 is 2.29 bits per heavy atom. The van der Waals surface area contributed by atoms with E-state index >= 15 is 0 Å². The number of rotatable bonds is 8. The van der Waals surface area contributed by atoms with Crippen LogP contribution < -0.4 is 9.47 Å². The van der Waals surface area contributed by atoms with Gasteiger partial charge in [0.25, 0.3) is 5.91 Å². The lowest BCUT2D eigenvalue weighted by atomic mass is 10.3. The van der Waals surface area contributed by atoms with Crippen LogP contribution in [-0.2, 0) is 11.3 Å². The van der Waals surface area contributed by atoms with Crippen LogP contribution in [0.2, 0.25) is 0 Å². The minimum atomic E-state index is -0.0114. The first kappa shape index (κ1) is 20.8. The zero-order chi connectivity index (χ0) is 21.5. The Morgan fingerprint density at radius 2 is 1.61 bits per heavy atom. The van der Waals surface area contributed by atoms with Crippen molar-refractivity contribution >= 4 is 5.91 Å². The number of piperazine rings is 1. The summed E-state index contributed by atoms with van der Waals surface area (Å²) in [6, 6.07) is 17.1. The molecule has 1 aliphatic rings. The van der Waals surface area contributed by atoms with Crippen molar-refractivity contribution in [1.29, 1.82) is 0 Å². The van der Waals surface area contributed by atoms with Crippen LogP contribution in [-0.4, -0.2) is 75.3 Å². The first-order valence-corrected chi connectivity index (χ1v) is 10.4. The number of benzene rings is 2. The highest BCUT2D eigenvalue weighted by molar-refractivity contribution is 5.77. The monoisotopic (exact) mass is 422 g/mol. The normalized spacial score (nSPS) is 14.4. The highest BCUT2D eigenvalue weighted by atomic mass is 16.5. The second-order valence-electron chi connectivity index (χ2n) is 7.19. The molecule has 1 amide bonds. The summed E-state index contributed by atoms with van der Waals surface area (Å²) in [6.45, 7) is 6.04. The van der Waals surface area contributed by atoms with E-state index in [1.165, 1.54) is 0 Å². The van der Waals surface area contributed by atoms with E-state index in [2.05, 4.69) is 20.4 Å².